The number of nitrogens with two attached hydrogens (primary N) is 1. The average Bonchev–Trinajstić information content (AvgIpc) is 1.97. The summed E-state index contributed by atoms with van der Waals surface area (Å²) in [5, 5.41) is 8.31. The van der Waals surface area contributed by atoms with E-state index in [0.717, 1.165) is 0 Å². The summed E-state index contributed by atoms with van der Waals surface area (Å²) in [7, 11) is -0.783. The lowest BCUT2D eigenvalue weighted by molar-refractivity contribution is -0.138. The lowest BCUT2D eigenvalue weighted by Gasteiger charge is -2.02. The Hall–Kier alpha value is -0.550. The summed E-state index contributed by atoms with van der Waals surface area (Å²) in [5.41, 5.74) is 5.17. The van der Waals surface area contributed by atoms with Crippen LogP contribution < -0.4 is 11.9 Å². The van der Waals surface area contributed by atoms with Crippen molar-refractivity contribution in [2.24, 2.45) is 5.73 Å². The van der Waals surface area contributed by atoms with Gasteiger partial charge < -0.3 is 17.0 Å². The zero-order chi connectivity index (χ0) is 8.69. The molecular weight excluding hydrogens is 183 g/mol. The smallest absolute Gasteiger partial charge is 0.480 e. The molecule has 72 valence electrons. The quantitative estimate of drug-likeness (QED) is 0.415. The molecule has 0 aliphatic carbocycles. The number of rotatable bonds is 6. The lowest BCUT2D eigenvalue weighted by atomic mass is 10.2. The van der Waals surface area contributed by atoms with Crippen LogP contribution in [0.3, 0.4) is 0 Å². The highest BCUT2D eigenvalue weighted by molar-refractivity contribution is 7.17. The minimum atomic E-state index is -1.02. The normalized spacial score (nSPS) is 12.1. The van der Waals surface area contributed by atoms with Gasteiger partial charge in [0.05, 0.1) is 0 Å². The van der Waals surface area contributed by atoms with Gasteiger partial charge in [0, 0.05) is 0 Å². The lowest BCUT2D eigenvalue weighted by Crippen LogP contribution is -2.30. The van der Waals surface area contributed by atoms with E-state index in [1.54, 1.807) is 0 Å². The van der Waals surface area contributed by atoms with Gasteiger partial charge in [-0.3, -0.25) is 4.79 Å². The minimum absolute atomic E-state index is 0. The number of carboxylic acid groups (broad SMARTS) is 1. The molecule has 0 amide bonds. The summed E-state index contributed by atoms with van der Waals surface area (Å²) in [5.74, 6) is -1.02. The van der Waals surface area contributed by atoms with Gasteiger partial charge in [-0.15, -0.1) is 4.52 Å². The van der Waals surface area contributed by atoms with Gasteiger partial charge in [-0.05, 0) is 17.4 Å². The molecule has 0 aromatic heterocycles. The predicted octanol–water partition coefficient (Wildman–Crippen LogP) is 0.296. The van der Waals surface area contributed by atoms with Crippen LogP contribution in [0.25, 0.3) is 0 Å². The van der Waals surface area contributed by atoms with Crippen LogP contribution in [0.2, 0.25) is 0 Å². The Morgan fingerprint density at radius 1 is 1.67 bits per heavy atom. The first-order valence-corrected chi connectivity index (χ1v) is 3.97. The van der Waals surface area contributed by atoms with E-state index in [2.05, 4.69) is 4.52 Å². The van der Waals surface area contributed by atoms with Crippen LogP contribution in [-0.2, 0) is 13.9 Å². The second kappa shape index (κ2) is 8.55. The Morgan fingerprint density at radius 3 is 2.67 bits per heavy atom. The van der Waals surface area contributed by atoms with E-state index >= 15 is 0 Å². The van der Waals surface area contributed by atoms with E-state index in [0.29, 0.717) is 19.4 Å². The van der Waals surface area contributed by atoms with Crippen LogP contribution in [-0.4, -0.2) is 23.7 Å². The summed E-state index contributed by atoms with van der Waals surface area (Å²) >= 11 is 0. The Labute approximate surface area is 72.0 Å². The van der Waals surface area contributed by atoms with Crippen LogP contribution in [0.5, 0.6) is 0 Å². The van der Waals surface area contributed by atoms with Crippen LogP contribution in [0.4, 0.5) is 0 Å². The third-order valence-corrected chi connectivity index (χ3v) is 1.46. The summed E-state index contributed by atoms with van der Waals surface area (Å²) < 4.78 is 14.3. The van der Waals surface area contributed by atoms with E-state index in [9.17, 15) is 9.36 Å². The van der Waals surface area contributed by atoms with Crippen molar-refractivity contribution in [3.8, 4) is 0 Å². The first-order valence-electron chi connectivity index (χ1n) is 3.15. The van der Waals surface area contributed by atoms with E-state index < -0.39 is 20.7 Å². The van der Waals surface area contributed by atoms with Crippen LogP contribution in [0.1, 0.15) is 12.8 Å². The third-order valence-electron chi connectivity index (χ3n) is 1.14. The van der Waals surface area contributed by atoms with Crippen LogP contribution in [0, 0.1) is 0 Å². The molecule has 0 bridgehead atoms. The molecule has 0 rings (SSSR count). The maximum atomic E-state index is 10.1. The monoisotopic (exact) mass is 197 g/mol. The Kier molecular flexibility index (Phi) is 9.97. The molecular formula is C5H14N2O4P+. The first-order chi connectivity index (χ1) is 5.18. The van der Waals surface area contributed by atoms with Crippen molar-refractivity contribution in [2.75, 3.05) is 6.61 Å². The van der Waals surface area contributed by atoms with Gasteiger partial charge in [0.2, 0.25) is 0 Å². The van der Waals surface area contributed by atoms with E-state index in [1.165, 1.54) is 0 Å². The maximum Gasteiger partial charge on any atom is 0.494 e. The predicted molar refractivity (Wildman–Crippen MR) is 44.8 cm³/mol. The molecule has 0 aromatic carbocycles. The molecule has 12 heavy (non-hydrogen) atoms. The molecule has 0 saturated heterocycles. The number of carboxylic acids is 1. The Morgan fingerprint density at radius 2 is 2.25 bits per heavy atom. The Balaban J connectivity index is 0. The van der Waals surface area contributed by atoms with E-state index in [4.69, 9.17) is 10.8 Å². The van der Waals surface area contributed by atoms with E-state index in [1.807, 2.05) is 0 Å². The van der Waals surface area contributed by atoms with Crippen molar-refractivity contribution in [1.82, 2.24) is 6.15 Å². The first kappa shape index (κ1) is 14.0. The molecule has 0 saturated carbocycles. The molecule has 0 aromatic rings. The molecule has 2 atom stereocenters. The molecule has 6 N–H and O–H groups in total. The van der Waals surface area contributed by atoms with Gasteiger partial charge in [-0.1, -0.05) is 0 Å². The highest BCUT2D eigenvalue weighted by Gasteiger charge is 2.10. The SMILES string of the molecule is N.NC(CCCO[PH+]=O)C(=O)O. The zero-order valence-electron chi connectivity index (χ0n) is 6.66. The van der Waals surface area contributed by atoms with Gasteiger partial charge in [0.25, 0.3) is 0 Å². The van der Waals surface area contributed by atoms with Crippen molar-refractivity contribution in [3.63, 3.8) is 0 Å². The van der Waals surface area contributed by atoms with Crippen molar-refractivity contribution in [2.45, 2.75) is 18.9 Å². The van der Waals surface area contributed by atoms with Crippen molar-refractivity contribution >= 4 is 14.7 Å². The fourth-order valence-electron chi connectivity index (χ4n) is 0.541. The molecule has 0 aliphatic heterocycles. The molecule has 7 heteroatoms. The molecule has 0 fully saturated rings. The van der Waals surface area contributed by atoms with Crippen molar-refractivity contribution in [1.29, 1.82) is 0 Å². The largest absolute Gasteiger partial charge is 0.494 e. The second-order valence-electron chi connectivity index (χ2n) is 2.02. The Bertz CT molecular complexity index is 143. The molecule has 0 spiro atoms. The van der Waals surface area contributed by atoms with Gasteiger partial charge in [0.1, 0.15) is 12.6 Å². The third kappa shape index (κ3) is 7.56. The van der Waals surface area contributed by atoms with Gasteiger partial charge in [0.15, 0.2) is 0 Å². The molecule has 0 aliphatic rings. The van der Waals surface area contributed by atoms with Gasteiger partial charge in [-0.2, -0.15) is 0 Å². The standard InChI is InChI=1S/C5H10NO4P.H3N/c6-4(5(7)8)2-1-3-10-11-9;/h4,11H,1-3,6H2;1H3/p+1. The number of hydrogen-bond acceptors (Lipinski definition) is 5. The summed E-state index contributed by atoms with van der Waals surface area (Å²) in [6.45, 7) is 0.295. The van der Waals surface area contributed by atoms with Gasteiger partial charge >= 0.3 is 14.7 Å². The van der Waals surface area contributed by atoms with Crippen molar-refractivity contribution in [3.05, 3.63) is 0 Å². The minimum Gasteiger partial charge on any atom is -0.480 e. The topological polar surface area (TPSA) is 125 Å². The second-order valence-corrected chi connectivity index (χ2v) is 2.47. The van der Waals surface area contributed by atoms with Crippen LogP contribution >= 0.6 is 8.69 Å². The number of aliphatic carboxylic acids is 1. The van der Waals surface area contributed by atoms with Crippen LogP contribution in [0.15, 0.2) is 0 Å². The van der Waals surface area contributed by atoms with Crippen molar-refractivity contribution < 1.29 is 19.0 Å². The molecule has 0 heterocycles. The maximum absolute atomic E-state index is 10.1. The molecule has 2 unspecified atom stereocenters. The van der Waals surface area contributed by atoms with E-state index in [-0.39, 0.29) is 6.15 Å². The summed E-state index contributed by atoms with van der Waals surface area (Å²) in [4.78, 5) is 10.1. The fourth-order valence-corrected chi connectivity index (χ4v) is 0.768. The number of hydrogen-bond donors (Lipinski definition) is 3. The summed E-state index contributed by atoms with van der Waals surface area (Å²) in [6, 6.07) is -0.839. The number of carbonyl (C=O) groups is 1. The fraction of sp³-hybridized carbons (Fsp3) is 0.800. The zero-order valence-corrected chi connectivity index (χ0v) is 7.66. The molecule has 0 radical (unpaired) electrons. The highest BCUT2D eigenvalue weighted by atomic mass is 31.1. The highest BCUT2D eigenvalue weighted by Crippen LogP contribution is 2.00. The average molecular weight is 197 g/mol. The molecule has 6 nitrogen and oxygen atoms in total. The van der Waals surface area contributed by atoms with Gasteiger partial charge in [-0.25, -0.2) is 0 Å². The summed E-state index contributed by atoms with van der Waals surface area (Å²) in [6.07, 6.45) is 0.864.